The minimum absolute atomic E-state index is 0.0185. The minimum atomic E-state index is -4.47. The van der Waals surface area contributed by atoms with E-state index in [9.17, 15) is 26.7 Å². The van der Waals surface area contributed by atoms with Crippen molar-refractivity contribution in [2.24, 2.45) is 5.92 Å². The smallest absolute Gasteiger partial charge is 0.354 e. The fourth-order valence-electron chi connectivity index (χ4n) is 4.87. The maximum atomic E-state index is 13.5. The number of piperazine rings is 1. The molecule has 3 aliphatic heterocycles. The van der Waals surface area contributed by atoms with Crippen molar-refractivity contribution in [1.29, 1.82) is 0 Å². The van der Waals surface area contributed by atoms with Crippen molar-refractivity contribution < 1.29 is 26.7 Å². The second-order valence-corrected chi connectivity index (χ2v) is 8.57. The number of rotatable bonds is 3. The first-order valence-electron chi connectivity index (χ1n) is 10.5. The number of anilines is 1. The Balaban J connectivity index is 1.36. The molecular formula is C20H26F5N5O. The van der Waals surface area contributed by atoms with Crippen LogP contribution in [0, 0.1) is 5.92 Å². The highest BCUT2D eigenvalue weighted by atomic mass is 19.4. The van der Waals surface area contributed by atoms with Crippen molar-refractivity contribution in [3.8, 4) is 0 Å². The Hall–Kier alpha value is -2.01. The molecule has 3 aliphatic rings. The molecule has 0 aliphatic carbocycles. The van der Waals surface area contributed by atoms with Crippen LogP contribution in [0.5, 0.6) is 0 Å². The van der Waals surface area contributed by atoms with E-state index in [0.29, 0.717) is 32.7 Å². The summed E-state index contributed by atoms with van der Waals surface area (Å²) in [6.45, 7) is 3.84. The molecule has 4 rings (SSSR count). The molecule has 31 heavy (non-hydrogen) atoms. The third-order valence-electron chi connectivity index (χ3n) is 6.60. The summed E-state index contributed by atoms with van der Waals surface area (Å²) in [5, 5.41) is 3.18. The Morgan fingerprint density at radius 2 is 1.90 bits per heavy atom. The highest BCUT2D eigenvalue weighted by Gasteiger charge is 2.47. The third-order valence-corrected chi connectivity index (χ3v) is 6.60. The molecule has 1 amide bonds. The Morgan fingerprint density at radius 1 is 1.19 bits per heavy atom. The lowest BCUT2D eigenvalue weighted by Crippen LogP contribution is -2.53. The van der Waals surface area contributed by atoms with Gasteiger partial charge in [0.1, 0.15) is 5.82 Å². The van der Waals surface area contributed by atoms with E-state index >= 15 is 0 Å². The molecule has 0 spiro atoms. The standard InChI is InChI=1S/C20H26F5N5O/c1-13-15(11-27-16(13)18(31)30-6-4-19(21,22)12-30)28-7-9-29(10-8-28)17-14(20(23,24)25)3-2-5-26-17/h2-3,5,13,15-16,27H,4,6-12H2,1H3/t13-,15+,16-/m0/s1. The lowest BCUT2D eigenvalue weighted by Gasteiger charge is -2.40. The van der Waals surface area contributed by atoms with Gasteiger partial charge in [0.15, 0.2) is 0 Å². The Bertz CT molecular complexity index is 811. The number of carbonyl (C=O) groups excluding carboxylic acids is 1. The molecule has 3 atom stereocenters. The summed E-state index contributed by atoms with van der Waals surface area (Å²) < 4.78 is 66.9. The van der Waals surface area contributed by atoms with Crippen LogP contribution >= 0.6 is 0 Å². The van der Waals surface area contributed by atoms with Gasteiger partial charge in [-0.05, 0) is 18.1 Å². The van der Waals surface area contributed by atoms with Crippen LogP contribution < -0.4 is 10.2 Å². The number of likely N-dealkylation sites (tertiary alicyclic amines) is 1. The SMILES string of the molecule is C[C@@H]1[C@@H](C(=O)N2CCC(F)(F)C2)NC[C@H]1N1CCN(c2ncccc2C(F)(F)F)CC1. The van der Waals surface area contributed by atoms with E-state index in [-0.39, 0.29) is 36.7 Å². The van der Waals surface area contributed by atoms with Gasteiger partial charge in [0.2, 0.25) is 5.91 Å². The predicted molar refractivity (Wildman–Crippen MR) is 104 cm³/mol. The Morgan fingerprint density at radius 3 is 2.52 bits per heavy atom. The van der Waals surface area contributed by atoms with Crippen molar-refractivity contribution in [2.45, 2.75) is 37.5 Å². The van der Waals surface area contributed by atoms with Crippen LogP contribution in [0.3, 0.4) is 0 Å². The fraction of sp³-hybridized carbons (Fsp3) is 0.700. The molecule has 3 fully saturated rings. The van der Waals surface area contributed by atoms with Crippen molar-refractivity contribution >= 4 is 11.7 Å². The van der Waals surface area contributed by atoms with Crippen molar-refractivity contribution in [3.05, 3.63) is 23.9 Å². The number of halogens is 5. The number of hydrogen-bond donors (Lipinski definition) is 1. The first-order chi connectivity index (χ1) is 14.6. The second kappa shape index (κ2) is 8.16. The lowest BCUT2D eigenvalue weighted by atomic mass is 9.96. The maximum absolute atomic E-state index is 13.5. The summed E-state index contributed by atoms with van der Waals surface area (Å²) in [6, 6.07) is 1.81. The van der Waals surface area contributed by atoms with Gasteiger partial charge in [-0.1, -0.05) is 6.92 Å². The number of nitrogens with one attached hydrogen (secondary N) is 1. The van der Waals surface area contributed by atoms with Gasteiger partial charge in [-0.15, -0.1) is 0 Å². The van der Waals surface area contributed by atoms with Crippen molar-refractivity contribution in [3.63, 3.8) is 0 Å². The van der Waals surface area contributed by atoms with Gasteiger partial charge < -0.3 is 15.1 Å². The zero-order valence-electron chi connectivity index (χ0n) is 17.2. The van der Waals surface area contributed by atoms with Gasteiger partial charge >= 0.3 is 6.18 Å². The first-order valence-corrected chi connectivity index (χ1v) is 10.5. The van der Waals surface area contributed by atoms with Gasteiger partial charge in [-0.25, -0.2) is 13.8 Å². The van der Waals surface area contributed by atoms with E-state index in [2.05, 4.69) is 15.2 Å². The molecule has 0 bridgehead atoms. The molecule has 0 saturated carbocycles. The molecule has 6 nitrogen and oxygen atoms in total. The van der Waals surface area contributed by atoms with E-state index in [1.165, 1.54) is 17.2 Å². The zero-order valence-corrected chi connectivity index (χ0v) is 17.2. The summed E-state index contributed by atoms with van der Waals surface area (Å²) >= 11 is 0. The van der Waals surface area contributed by atoms with Crippen molar-refractivity contribution in [1.82, 2.24) is 20.1 Å². The van der Waals surface area contributed by atoms with Crippen LogP contribution in [-0.4, -0.2) is 84.5 Å². The monoisotopic (exact) mass is 447 g/mol. The summed E-state index contributed by atoms with van der Waals surface area (Å²) in [4.78, 5) is 21.7. The number of hydrogen-bond acceptors (Lipinski definition) is 5. The van der Waals surface area contributed by atoms with Crippen LogP contribution in [-0.2, 0) is 11.0 Å². The summed E-state index contributed by atoms with van der Waals surface area (Å²) in [7, 11) is 0. The number of alkyl halides is 5. The van der Waals surface area contributed by atoms with Crippen LogP contribution in [0.15, 0.2) is 18.3 Å². The largest absolute Gasteiger partial charge is 0.419 e. The van der Waals surface area contributed by atoms with Gasteiger partial charge in [0.05, 0.1) is 18.2 Å². The molecule has 3 saturated heterocycles. The van der Waals surface area contributed by atoms with Crippen LogP contribution in [0.25, 0.3) is 0 Å². The van der Waals surface area contributed by atoms with Crippen LogP contribution in [0.4, 0.5) is 27.8 Å². The zero-order chi connectivity index (χ0) is 22.4. The molecule has 11 heteroatoms. The average molecular weight is 447 g/mol. The number of nitrogens with zero attached hydrogens (tertiary/aromatic N) is 4. The van der Waals surface area contributed by atoms with E-state index in [1.807, 2.05) is 6.92 Å². The molecule has 0 radical (unpaired) electrons. The maximum Gasteiger partial charge on any atom is 0.419 e. The van der Waals surface area contributed by atoms with E-state index in [0.717, 1.165) is 6.07 Å². The quantitative estimate of drug-likeness (QED) is 0.720. The van der Waals surface area contributed by atoms with Gasteiger partial charge in [0.25, 0.3) is 5.92 Å². The molecule has 1 aromatic rings. The topological polar surface area (TPSA) is 51.7 Å². The molecule has 1 N–H and O–H groups in total. The normalized spacial score (nSPS) is 29.5. The number of pyridine rings is 1. The fourth-order valence-corrected chi connectivity index (χ4v) is 4.87. The number of amides is 1. The molecule has 0 unspecified atom stereocenters. The summed E-state index contributed by atoms with van der Waals surface area (Å²) in [5.74, 6) is -3.27. The van der Waals surface area contributed by atoms with Crippen LogP contribution in [0.1, 0.15) is 18.9 Å². The second-order valence-electron chi connectivity index (χ2n) is 8.57. The summed E-state index contributed by atoms with van der Waals surface area (Å²) in [6.07, 6.45) is -3.42. The lowest BCUT2D eigenvalue weighted by molar-refractivity contribution is -0.137. The highest BCUT2D eigenvalue weighted by Crippen LogP contribution is 2.36. The van der Waals surface area contributed by atoms with E-state index in [1.54, 1.807) is 4.90 Å². The molecule has 4 heterocycles. The molecule has 0 aromatic carbocycles. The Labute approximate surface area is 177 Å². The van der Waals surface area contributed by atoms with Crippen LogP contribution in [0.2, 0.25) is 0 Å². The van der Waals surface area contributed by atoms with E-state index < -0.39 is 30.2 Å². The number of carbonyl (C=O) groups is 1. The average Bonchev–Trinajstić information content (AvgIpc) is 3.29. The minimum Gasteiger partial charge on any atom is -0.354 e. The van der Waals surface area contributed by atoms with Gasteiger partial charge in [-0.3, -0.25) is 9.69 Å². The molecule has 1 aromatic heterocycles. The number of aromatic nitrogens is 1. The van der Waals surface area contributed by atoms with Gasteiger partial charge in [0, 0.05) is 57.9 Å². The first kappa shape index (κ1) is 22.2. The molecule has 172 valence electrons. The van der Waals surface area contributed by atoms with Crippen molar-refractivity contribution in [2.75, 3.05) is 50.7 Å². The predicted octanol–water partition coefficient (Wildman–Crippen LogP) is 2.07. The highest BCUT2D eigenvalue weighted by molar-refractivity contribution is 5.83. The summed E-state index contributed by atoms with van der Waals surface area (Å²) in [5.41, 5.74) is -0.743. The van der Waals surface area contributed by atoms with E-state index in [4.69, 9.17) is 0 Å². The third kappa shape index (κ3) is 4.48. The molecular weight excluding hydrogens is 421 g/mol. The van der Waals surface area contributed by atoms with Gasteiger partial charge in [-0.2, -0.15) is 13.2 Å². The Kier molecular flexibility index (Phi) is 5.84.